The molecule has 0 spiro atoms. The lowest BCUT2D eigenvalue weighted by Crippen LogP contribution is -2.12. The molecule has 172 valence electrons. The molecule has 32 heavy (non-hydrogen) atoms. The molecule has 0 aliphatic heterocycles. The van der Waals surface area contributed by atoms with Crippen LogP contribution in [-0.2, 0) is 11.1 Å². The summed E-state index contributed by atoms with van der Waals surface area (Å²) in [6.45, 7) is 12.8. The SMILES string of the molecule is COc1cc2ncnc(OS(=O)c3c(C(C)C)cc(C(C)C)cc3C(C)C)c2cc1OC. The van der Waals surface area contributed by atoms with Crippen molar-refractivity contribution < 1.29 is 17.9 Å². The number of hydrogen-bond acceptors (Lipinski definition) is 6. The summed E-state index contributed by atoms with van der Waals surface area (Å²) in [7, 11) is 3.13. The second kappa shape index (κ2) is 9.86. The first-order valence-electron chi connectivity index (χ1n) is 10.8. The Balaban J connectivity index is 2.14. The average Bonchev–Trinajstić information content (AvgIpc) is 2.77. The van der Waals surface area contributed by atoms with Crippen LogP contribution in [0.15, 0.2) is 35.5 Å². The molecule has 1 heterocycles. The molecular weight excluding hydrogens is 424 g/mol. The molecule has 3 aromatic rings. The molecule has 1 aromatic heterocycles. The summed E-state index contributed by atoms with van der Waals surface area (Å²) >= 11 is -1.75. The van der Waals surface area contributed by atoms with E-state index in [1.165, 1.54) is 11.9 Å². The Morgan fingerprint density at radius 1 is 0.781 bits per heavy atom. The molecule has 0 bridgehead atoms. The Kier molecular flexibility index (Phi) is 7.39. The highest BCUT2D eigenvalue weighted by atomic mass is 32.2. The summed E-state index contributed by atoms with van der Waals surface area (Å²) in [5.74, 6) is 2.09. The van der Waals surface area contributed by atoms with Gasteiger partial charge in [0.05, 0.1) is 30.0 Å². The second-order valence-electron chi connectivity index (χ2n) is 8.71. The van der Waals surface area contributed by atoms with Crippen LogP contribution >= 0.6 is 0 Å². The fraction of sp³-hybridized carbons (Fsp3) is 0.440. The third kappa shape index (κ3) is 4.72. The summed E-state index contributed by atoms with van der Waals surface area (Å²) in [5, 5.41) is 0.606. The zero-order valence-corrected chi connectivity index (χ0v) is 20.9. The highest BCUT2D eigenvalue weighted by Crippen LogP contribution is 2.37. The van der Waals surface area contributed by atoms with Crippen LogP contribution in [0.3, 0.4) is 0 Å². The maximum atomic E-state index is 13.6. The molecule has 0 radical (unpaired) electrons. The van der Waals surface area contributed by atoms with Gasteiger partial charge in [-0.1, -0.05) is 53.7 Å². The summed E-state index contributed by atoms with van der Waals surface area (Å²) in [6.07, 6.45) is 1.40. The molecule has 0 saturated carbocycles. The van der Waals surface area contributed by atoms with E-state index in [0.717, 1.165) is 16.0 Å². The Hall–Kier alpha value is -2.67. The molecule has 7 heteroatoms. The van der Waals surface area contributed by atoms with Gasteiger partial charge < -0.3 is 13.7 Å². The van der Waals surface area contributed by atoms with Crippen LogP contribution in [0.2, 0.25) is 0 Å². The third-order valence-corrected chi connectivity index (χ3v) is 6.62. The first-order valence-corrected chi connectivity index (χ1v) is 11.9. The van der Waals surface area contributed by atoms with Gasteiger partial charge in [0.2, 0.25) is 17.0 Å². The predicted molar refractivity (Wildman–Crippen MR) is 128 cm³/mol. The number of benzene rings is 2. The monoisotopic (exact) mass is 456 g/mol. The molecule has 0 N–H and O–H groups in total. The lowest BCUT2D eigenvalue weighted by atomic mass is 9.89. The van der Waals surface area contributed by atoms with E-state index in [9.17, 15) is 4.21 Å². The van der Waals surface area contributed by atoms with Crippen LogP contribution < -0.4 is 13.7 Å². The smallest absolute Gasteiger partial charge is 0.242 e. The van der Waals surface area contributed by atoms with Crippen molar-refractivity contribution in [2.75, 3.05) is 14.2 Å². The quantitative estimate of drug-likeness (QED) is 0.407. The highest BCUT2D eigenvalue weighted by molar-refractivity contribution is 7.80. The molecule has 1 atom stereocenters. The summed E-state index contributed by atoms with van der Waals surface area (Å²) in [4.78, 5) is 9.31. The molecule has 0 fully saturated rings. The third-order valence-electron chi connectivity index (χ3n) is 5.50. The number of fused-ring (bicyclic) bond motifs is 1. The number of rotatable bonds is 8. The van der Waals surface area contributed by atoms with Crippen molar-refractivity contribution >= 4 is 22.0 Å². The van der Waals surface area contributed by atoms with E-state index < -0.39 is 11.1 Å². The first-order chi connectivity index (χ1) is 15.2. The van der Waals surface area contributed by atoms with Crippen LogP contribution in [-0.4, -0.2) is 28.4 Å². The van der Waals surface area contributed by atoms with Crippen LogP contribution in [0.1, 0.15) is 76.0 Å². The van der Waals surface area contributed by atoms with Crippen molar-refractivity contribution in [2.24, 2.45) is 0 Å². The Morgan fingerprint density at radius 2 is 1.34 bits per heavy atom. The minimum absolute atomic E-state index is 0.195. The Morgan fingerprint density at radius 3 is 1.84 bits per heavy atom. The van der Waals surface area contributed by atoms with Gasteiger partial charge >= 0.3 is 0 Å². The Labute approximate surface area is 193 Å². The molecule has 3 rings (SSSR count). The van der Waals surface area contributed by atoms with Crippen molar-refractivity contribution in [1.29, 1.82) is 0 Å². The highest BCUT2D eigenvalue weighted by Gasteiger charge is 2.24. The molecule has 0 amide bonds. The summed E-state index contributed by atoms with van der Waals surface area (Å²) < 4.78 is 30.4. The van der Waals surface area contributed by atoms with E-state index in [0.29, 0.717) is 28.3 Å². The van der Waals surface area contributed by atoms with Crippen molar-refractivity contribution in [1.82, 2.24) is 9.97 Å². The van der Waals surface area contributed by atoms with Gasteiger partial charge in [-0.25, -0.2) is 14.2 Å². The number of methoxy groups -OCH3 is 2. The lowest BCUT2D eigenvalue weighted by molar-refractivity contribution is 0.355. The maximum absolute atomic E-state index is 13.6. The predicted octanol–water partition coefficient (Wildman–Crippen LogP) is 6.12. The fourth-order valence-electron chi connectivity index (χ4n) is 3.62. The minimum Gasteiger partial charge on any atom is -0.493 e. The van der Waals surface area contributed by atoms with Gasteiger partial charge in [-0.15, -0.1) is 0 Å². The van der Waals surface area contributed by atoms with E-state index in [4.69, 9.17) is 13.7 Å². The van der Waals surface area contributed by atoms with Gasteiger partial charge in [0.25, 0.3) is 0 Å². The number of nitrogens with zero attached hydrogens (tertiary/aromatic N) is 2. The van der Waals surface area contributed by atoms with Crippen molar-refractivity contribution in [3.63, 3.8) is 0 Å². The largest absolute Gasteiger partial charge is 0.493 e. The number of aromatic nitrogens is 2. The summed E-state index contributed by atoms with van der Waals surface area (Å²) in [6, 6.07) is 7.81. The van der Waals surface area contributed by atoms with Crippen molar-refractivity contribution in [3.05, 3.63) is 47.3 Å². The lowest BCUT2D eigenvalue weighted by Gasteiger charge is -2.22. The molecule has 6 nitrogen and oxygen atoms in total. The topological polar surface area (TPSA) is 70.5 Å². The minimum atomic E-state index is -1.75. The zero-order valence-electron chi connectivity index (χ0n) is 20.1. The van der Waals surface area contributed by atoms with E-state index in [1.807, 2.05) is 0 Å². The molecular formula is C25H32N2O4S. The molecule has 0 saturated heterocycles. The van der Waals surface area contributed by atoms with E-state index in [2.05, 4.69) is 63.6 Å². The zero-order chi connectivity index (χ0) is 23.6. The van der Waals surface area contributed by atoms with Gasteiger partial charge in [0.15, 0.2) is 11.5 Å². The van der Waals surface area contributed by atoms with E-state index in [-0.39, 0.29) is 17.7 Å². The summed E-state index contributed by atoms with van der Waals surface area (Å²) in [5.41, 5.74) is 3.93. The van der Waals surface area contributed by atoms with Gasteiger partial charge in [-0.05, 0) is 40.5 Å². The van der Waals surface area contributed by atoms with Crippen LogP contribution in [0.5, 0.6) is 17.4 Å². The van der Waals surface area contributed by atoms with Crippen LogP contribution in [0, 0.1) is 0 Å². The molecule has 0 aliphatic carbocycles. The maximum Gasteiger partial charge on any atom is 0.242 e. The average molecular weight is 457 g/mol. The van der Waals surface area contributed by atoms with Gasteiger partial charge in [0.1, 0.15) is 6.33 Å². The molecule has 2 aromatic carbocycles. The van der Waals surface area contributed by atoms with Crippen molar-refractivity contribution in [2.45, 2.75) is 64.2 Å². The Bertz CT molecular complexity index is 1110. The van der Waals surface area contributed by atoms with Gasteiger partial charge in [0, 0.05) is 6.07 Å². The van der Waals surface area contributed by atoms with Gasteiger partial charge in [-0.3, -0.25) is 0 Å². The number of ether oxygens (including phenoxy) is 2. The van der Waals surface area contributed by atoms with E-state index >= 15 is 0 Å². The first kappa shape index (κ1) is 24.0. The van der Waals surface area contributed by atoms with Gasteiger partial charge in [-0.2, -0.15) is 0 Å². The second-order valence-corrected chi connectivity index (χ2v) is 9.76. The fourth-order valence-corrected chi connectivity index (χ4v) is 4.95. The number of hydrogen-bond donors (Lipinski definition) is 0. The van der Waals surface area contributed by atoms with Crippen LogP contribution in [0.25, 0.3) is 10.9 Å². The normalized spacial score (nSPS) is 12.6. The standard InChI is InChI=1S/C25H32N2O4S/c1-14(2)17-9-18(15(3)4)24(19(10-17)16(5)6)32(28)31-25-20-11-22(29-7)23(30-8)12-21(20)26-13-27-25/h9-16H,1-8H3. The van der Waals surface area contributed by atoms with E-state index in [1.54, 1.807) is 26.4 Å². The molecule has 0 aliphatic rings. The van der Waals surface area contributed by atoms with Crippen molar-refractivity contribution in [3.8, 4) is 17.4 Å². The molecule has 1 unspecified atom stereocenters. The van der Waals surface area contributed by atoms with Crippen LogP contribution in [0.4, 0.5) is 0 Å².